The fraction of sp³-hybridized carbons (Fsp3) is 0.200. The lowest BCUT2D eigenvalue weighted by Gasteiger charge is -2.13. The maximum atomic E-state index is 6.22. The van der Waals surface area contributed by atoms with Gasteiger partial charge < -0.3 is 10.1 Å². The molecule has 0 bridgehead atoms. The van der Waals surface area contributed by atoms with Gasteiger partial charge in [-0.1, -0.05) is 47.8 Å². The number of hydrogen-bond acceptors (Lipinski definition) is 2. The number of rotatable bonds is 5. The first-order valence-corrected chi connectivity index (χ1v) is 7.35. The Morgan fingerprint density at radius 1 is 1.05 bits per heavy atom. The van der Waals surface area contributed by atoms with Gasteiger partial charge in [-0.05, 0) is 36.9 Å². The summed E-state index contributed by atoms with van der Waals surface area (Å²) in [6.45, 7) is 3.53. The van der Waals surface area contributed by atoms with Crippen LogP contribution in [-0.4, -0.2) is 6.54 Å². The van der Waals surface area contributed by atoms with Gasteiger partial charge in [-0.2, -0.15) is 0 Å². The SMILES string of the molecule is CCNCc1c(Cl)cccc1Oc1cc(Cl)cc(Cl)c1. The minimum atomic E-state index is 0.530. The van der Waals surface area contributed by atoms with Gasteiger partial charge in [0.2, 0.25) is 0 Å². The van der Waals surface area contributed by atoms with Gasteiger partial charge in [0.15, 0.2) is 0 Å². The average molecular weight is 331 g/mol. The highest BCUT2D eigenvalue weighted by molar-refractivity contribution is 6.34. The van der Waals surface area contributed by atoms with E-state index in [1.165, 1.54) is 0 Å². The van der Waals surface area contributed by atoms with E-state index in [0.717, 1.165) is 12.1 Å². The lowest BCUT2D eigenvalue weighted by Crippen LogP contribution is -2.12. The van der Waals surface area contributed by atoms with Gasteiger partial charge in [0, 0.05) is 27.2 Å². The van der Waals surface area contributed by atoms with E-state index in [1.807, 2.05) is 25.1 Å². The monoisotopic (exact) mass is 329 g/mol. The second-order valence-corrected chi connectivity index (χ2v) is 5.48. The summed E-state index contributed by atoms with van der Waals surface area (Å²) < 4.78 is 5.86. The van der Waals surface area contributed by atoms with Crippen molar-refractivity contribution in [2.24, 2.45) is 0 Å². The second kappa shape index (κ2) is 7.19. The van der Waals surface area contributed by atoms with Crippen molar-refractivity contribution in [2.45, 2.75) is 13.5 Å². The zero-order valence-corrected chi connectivity index (χ0v) is 13.2. The molecule has 0 aliphatic heterocycles. The van der Waals surface area contributed by atoms with Gasteiger partial charge in [-0.3, -0.25) is 0 Å². The van der Waals surface area contributed by atoms with Gasteiger partial charge in [-0.25, -0.2) is 0 Å². The van der Waals surface area contributed by atoms with Crippen LogP contribution in [0, 0.1) is 0 Å². The van der Waals surface area contributed by atoms with Gasteiger partial charge in [0.05, 0.1) is 0 Å². The van der Waals surface area contributed by atoms with Crippen LogP contribution in [0.1, 0.15) is 12.5 Å². The Morgan fingerprint density at radius 2 is 1.75 bits per heavy atom. The molecule has 106 valence electrons. The van der Waals surface area contributed by atoms with Crippen LogP contribution < -0.4 is 10.1 Å². The van der Waals surface area contributed by atoms with E-state index in [4.69, 9.17) is 39.5 Å². The molecule has 0 aliphatic carbocycles. The summed E-state index contributed by atoms with van der Waals surface area (Å²) in [5.41, 5.74) is 0.909. The molecule has 1 N–H and O–H groups in total. The number of benzene rings is 2. The molecule has 0 aromatic heterocycles. The highest BCUT2D eigenvalue weighted by atomic mass is 35.5. The predicted molar refractivity (Wildman–Crippen MR) is 85.4 cm³/mol. The van der Waals surface area contributed by atoms with Crippen molar-refractivity contribution in [1.82, 2.24) is 5.32 Å². The van der Waals surface area contributed by atoms with E-state index in [1.54, 1.807) is 18.2 Å². The molecule has 0 saturated carbocycles. The summed E-state index contributed by atoms with van der Waals surface area (Å²) in [5.74, 6) is 1.28. The Kier molecular flexibility index (Phi) is 5.55. The van der Waals surface area contributed by atoms with Crippen LogP contribution >= 0.6 is 34.8 Å². The Labute approximate surface area is 133 Å². The molecule has 0 amide bonds. The van der Waals surface area contributed by atoms with Crippen LogP contribution in [0.15, 0.2) is 36.4 Å². The molecule has 2 aromatic carbocycles. The molecule has 20 heavy (non-hydrogen) atoms. The predicted octanol–water partition coefficient (Wildman–Crippen LogP) is 5.55. The maximum Gasteiger partial charge on any atom is 0.133 e. The van der Waals surface area contributed by atoms with Crippen molar-refractivity contribution in [2.75, 3.05) is 6.54 Å². The fourth-order valence-electron chi connectivity index (χ4n) is 1.77. The molecule has 0 fully saturated rings. The molecule has 2 nitrogen and oxygen atoms in total. The summed E-state index contributed by atoms with van der Waals surface area (Å²) >= 11 is 18.2. The maximum absolute atomic E-state index is 6.22. The van der Waals surface area contributed by atoms with Crippen molar-refractivity contribution in [3.05, 3.63) is 57.0 Å². The summed E-state index contributed by atoms with van der Waals surface area (Å²) in [6.07, 6.45) is 0. The molecule has 0 unspecified atom stereocenters. The third-order valence-corrected chi connectivity index (χ3v) is 3.48. The van der Waals surface area contributed by atoms with Crippen molar-refractivity contribution < 1.29 is 4.74 Å². The highest BCUT2D eigenvalue weighted by Gasteiger charge is 2.09. The Hall–Kier alpha value is -0.930. The van der Waals surface area contributed by atoms with Crippen molar-refractivity contribution in [1.29, 1.82) is 0 Å². The Bertz CT molecular complexity index is 581. The van der Waals surface area contributed by atoms with E-state index in [9.17, 15) is 0 Å². The highest BCUT2D eigenvalue weighted by Crippen LogP contribution is 2.33. The van der Waals surface area contributed by atoms with Gasteiger partial charge in [0.1, 0.15) is 11.5 Å². The van der Waals surface area contributed by atoms with Crippen LogP contribution in [0.3, 0.4) is 0 Å². The molecule has 0 radical (unpaired) electrons. The summed E-state index contributed by atoms with van der Waals surface area (Å²) in [7, 11) is 0. The summed E-state index contributed by atoms with van der Waals surface area (Å²) in [6, 6.07) is 10.6. The first kappa shape index (κ1) is 15.5. The Morgan fingerprint density at radius 3 is 2.40 bits per heavy atom. The van der Waals surface area contributed by atoms with Gasteiger partial charge in [-0.15, -0.1) is 0 Å². The van der Waals surface area contributed by atoms with Crippen molar-refractivity contribution >= 4 is 34.8 Å². The van der Waals surface area contributed by atoms with Crippen LogP contribution in [-0.2, 0) is 6.54 Å². The molecule has 0 aliphatic rings. The van der Waals surface area contributed by atoms with Crippen molar-refractivity contribution in [3.8, 4) is 11.5 Å². The first-order chi connectivity index (χ1) is 9.60. The molecule has 2 rings (SSSR count). The third-order valence-electron chi connectivity index (χ3n) is 2.69. The van der Waals surface area contributed by atoms with E-state index < -0.39 is 0 Å². The smallest absolute Gasteiger partial charge is 0.133 e. The number of ether oxygens (including phenoxy) is 1. The van der Waals surface area contributed by atoms with Crippen LogP contribution in [0.5, 0.6) is 11.5 Å². The molecule has 0 saturated heterocycles. The van der Waals surface area contributed by atoms with E-state index in [-0.39, 0.29) is 0 Å². The summed E-state index contributed by atoms with van der Waals surface area (Å²) in [5, 5.41) is 4.96. The van der Waals surface area contributed by atoms with Crippen LogP contribution in [0.4, 0.5) is 0 Å². The lowest BCUT2D eigenvalue weighted by molar-refractivity contribution is 0.473. The zero-order chi connectivity index (χ0) is 14.5. The topological polar surface area (TPSA) is 21.3 Å². The molecular weight excluding hydrogens is 317 g/mol. The Balaban J connectivity index is 2.30. The van der Waals surface area contributed by atoms with Crippen LogP contribution in [0.25, 0.3) is 0 Å². The minimum absolute atomic E-state index is 0.530. The number of hydrogen-bond donors (Lipinski definition) is 1. The molecule has 0 heterocycles. The third kappa shape index (κ3) is 4.03. The standard InChI is InChI=1S/C15H14Cl3NO/c1-2-19-9-13-14(18)4-3-5-15(13)20-12-7-10(16)6-11(17)8-12/h3-8,19H,2,9H2,1H3. The van der Waals surface area contributed by atoms with E-state index >= 15 is 0 Å². The average Bonchev–Trinajstić information content (AvgIpc) is 2.37. The van der Waals surface area contributed by atoms with E-state index in [2.05, 4.69) is 5.32 Å². The van der Waals surface area contributed by atoms with Gasteiger partial charge >= 0.3 is 0 Å². The van der Waals surface area contributed by atoms with Gasteiger partial charge in [0.25, 0.3) is 0 Å². The summed E-state index contributed by atoms with van der Waals surface area (Å²) in [4.78, 5) is 0. The zero-order valence-electron chi connectivity index (χ0n) is 10.9. The first-order valence-electron chi connectivity index (χ1n) is 6.22. The second-order valence-electron chi connectivity index (χ2n) is 4.20. The molecule has 2 aromatic rings. The molecule has 0 spiro atoms. The van der Waals surface area contributed by atoms with Crippen LogP contribution in [0.2, 0.25) is 15.1 Å². The minimum Gasteiger partial charge on any atom is -0.457 e. The van der Waals surface area contributed by atoms with E-state index in [0.29, 0.717) is 33.1 Å². The normalized spacial score (nSPS) is 10.6. The quantitative estimate of drug-likeness (QED) is 0.776. The lowest BCUT2D eigenvalue weighted by atomic mass is 10.2. The molecule has 0 atom stereocenters. The number of halogens is 3. The van der Waals surface area contributed by atoms with Crippen molar-refractivity contribution in [3.63, 3.8) is 0 Å². The molecule has 5 heteroatoms. The largest absolute Gasteiger partial charge is 0.457 e. The molecular formula is C15H14Cl3NO. The fourth-order valence-corrected chi connectivity index (χ4v) is 2.51. The number of nitrogens with one attached hydrogen (secondary N) is 1.